The third-order valence-electron chi connectivity index (χ3n) is 13.8. The lowest BCUT2D eigenvalue weighted by atomic mass is 9.97. The first-order chi connectivity index (χ1) is 39.6. The van der Waals surface area contributed by atoms with E-state index in [1.165, 1.54) is 19.3 Å². The van der Waals surface area contributed by atoms with Crippen LogP contribution < -0.4 is 5.32 Å². The van der Waals surface area contributed by atoms with E-state index in [0.717, 1.165) is 122 Å². The number of hydrogen-bond donors (Lipinski definition) is 9. The maximum Gasteiger partial charge on any atom is 0.220 e. The third-order valence-corrected chi connectivity index (χ3v) is 13.8. The van der Waals surface area contributed by atoms with Crippen LogP contribution in [0.1, 0.15) is 174 Å². The lowest BCUT2D eigenvalue weighted by Gasteiger charge is -2.46. The van der Waals surface area contributed by atoms with E-state index in [-0.39, 0.29) is 18.9 Å². The molecule has 0 spiro atoms. The van der Waals surface area contributed by atoms with Crippen molar-refractivity contribution < 1.29 is 64.6 Å². The van der Waals surface area contributed by atoms with E-state index in [1.54, 1.807) is 6.08 Å². The molecule has 0 aliphatic carbocycles. The van der Waals surface area contributed by atoms with Crippen molar-refractivity contribution >= 4 is 5.91 Å². The Morgan fingerprint density at radius 1 is 0.457 bits per heavy atom. The molecule has 1 amide bonds. The summed E-state index contributed by atoms with van der Waals surface area (Å²) < 4.78 is 22.7. The second-order valence-electron chi connectivity index (χ2n) is 20.7. The molecule has 0 bridgehead atoms. The van der Waals surface area contributed by atoms with E-state index in [0.29, 0.717) is 12.8 Å². The van der Waals surface area contributed by atoms with Gasteiger partial charge in [0.2, 0.25) is 5.91 Å². The fourth-order valence-electron chi connectivity index (χ4n) is 8.86. The zero-order valence-electron chi connectivity index (χ0n) is 49.2. The predicted octanol–water partition coefficient (Wildman–Crippen LogP) is 10.9. The van der Waals surface area contributed by atoms with Crippen molar-refractivity contribution in [2.45, 2.75) is 248 Å². The first-order valence-corrected chi connectivity index (χ1v) is 30.6. The molecule has 14 nitrogen and oxygen atoms in total. The Balaban J connectivity index is 1.65. The molecule has 12 atom stereocenters. The fraction of sp³-hybridized carbons (Fsp3) is 0.627. The van der Waals surface area contributed by atoms with Gasteiger partial charge in [0.1, 0.15) is 48.8 Å². The Bertz CT molecular complexity index is 1910. The van der Waals surface area contributed by atoms with Crippen LogP contribution >= 0.6 is 0 Å². The summed E-state index contributed by atoms with van der Waals surface area (Å²) >= 11 is 0. The van der Waals surface area contributed by atoms with Crippen LogP contribution in [0.3, 0.4) is 0 Å². The molecule has 2 fully saturated rings. The number of allylic oxidation sites excluding steroid dienone is 23. The van der Waals surface area contributed by atoms with Crippen molar-refractivity contribution in [1.82, 2.24) is 5.32 Å². The number of nitrogens with one attached hydrogen (secondary N) is 1. The Labute approximate surface area is 487 Å². The zero-order valence-corrected chi connectivity index (χ0v) is 49.2. The number of unbranched alkanes of at least 4 members (excludes halogenated alkanes) is 11. The Morgan fingerprint density at radius 2 is 0.864 bits per heavy atom. The molecule has 0 aromatic heterocycles. The first kappa shape index (κ1) is 73.0. The summed E-state index contributed by atoms with van der Waals surface area (Å²) in [5, 5.41) is 86.8. The highest BCUT2D eigenvalue weighted by atomic mass is 16.7. The lowest BCUT2D eigenvalue weighted by Crippen LogP contribution is -2.65. The van der Waals surface area contributed by atoms with Gasteiger partial charge in [0.25, 0.3) is 0 Å². The van der Waals surface area contributed by atoms with Gasteiger partial charge >= 0.3 is 0 Å². The largest absolute Gasteiger partial charge is 0.394 e. The van der Waals surface area contributed by atoms with Crippen molar-refractivity contribution in [3.63, 3.8) is 0 Å². The van der Waals surface area contributed by atoms with Gasteiger partial charge in [-0.3, -0.25) is 4.79 Å². The molecular weight excluding hydrogens is 1030 g/mol. The van der Waals surface area contributed by atoms with Crippen molar-refractivity contribution in [3.8, 4) is 0 Å². The number of hydrogen-bond acceptors (Lipinski definition) is 13. The number of carbonyl (C=O) groups excluding carboxylic acids is 1. The van der Waals surface area contributed by atoms with Crippen molar-refractivity contribution in [3.05, 3.63) is 146 Å². The highest BCUT2D eigenvalue weighted by molar-refractivity contribution is 5.76. The van der Waals surface area contributed by atoms with Gasteiger partial charge in [0.05, 0.1) is 32.0 Å². The normalized spacial score (nSPS) is 25.2. The van der Waals surface area contributed by atoms with Crippen molar-refractivity contribution in [2.75, 3.05) is 19.8 Å². The van der Waals surface area contributed by atoms with Crippen molar-refractivity contribution in [2.24, 2.45) is 0 Å². The summed E-state index contributed by atoms with van der Waals surface area (Å²) in [6.07, 6.45) is 59.1. The molecule has 0 aromatic carbocycles. The van der Waals surface area contributed by atoms with Gasteiger partial charge in [0, 0.05) is 6.42 Å². The van der Waals surface area contributed by atoms with Crippen LogP contribution in [-0.4, -0.2) is 140 Å². The molecule has 0 saturated carbocycles. The highest BCUT2D eigenvalue weighted by Gasteiger charge is 2.51. The molecule has 2 aliphatic heterocycles. The van der Waals surface area contributed by atoms with Crippen molar-refractivity contribution in [1.29, 1.82) is 0 Å². The monoisotopic (exact) mass is 1130 g/mol. The van der Waals surface area contributed by atoms with Crippen LogP contribution in [0, 0.1) is 0 Å². The maximum atomic E-state index is 13.2. The molecule has 0 radical (unpaired) electrons. The van der Waals surface area contributed by atoms with Gasteiger partial charge in [-0.05, 0) is 109 Å². The summed E-state index contributed by atoms with van der Waals surface area (Å²) in [5.74, 6) is -0.274. The van der Waals surface area contributed by atoms with Gasteiger partial charge < -0.3 is 65.1 Å². The number of ether oxygens (including phenoxy) is 4. The van der Waals surface area contributed by atoms with E-state index in [4.69, 9.17) is 18.9 Å². The van der Waals surface area contributed by atoms with E-state index in [9.17, 15) is 45.6 Å². The van der Waals surface area contributed by atoms with Crippen LogP contribution in [0.5, 0.6) is 0 Å². The van der Waals surface area contributed by atoms with Crippen LogP contribution in [0.25, 0.3) is 0 Å². The number of aliphatic hydroxyl groups excluding tert-OH is 8. The van der Waals surface area contributed by atoms with Gasteiger partial charge in [-0.15, -0.1) is 0 Å². The smallest absolute Gasteiger partial charge is 0.220 e. The summed E-state index contributed by atoms with van der Waals surface area (Å²) in [5.41, 5.74) is 0. The zero-order chi connectivity index (χ0) is 58.8. The quantitative estimate of drug-likeness (QED) is 0.0204. The molecule has 458 valence electrons. The Morgan fingerprint density at radius 3 is 1.36 bits per heavy atom. The molecule has 9 N–H and O–H groups in total. The summed E-state index contributed by atoms with van der Waals surface area (Å²) in [6, 6.07) is -0.949. The first-order valence-electron chi connectivity index (χ1n) is 30.6. The van der Waals surface area contributed by atoms with E-state index in [2.05, 4.69) is 153 Å². The molecule has 0 aromatic rings. The fourth-order valence-corrected chi connectivity index (χ4v) is 8.86. The topological polar surface area (TPSA) is 228 Å². The average molecular weight is 1130 g/mol. The van der Waals surface area contributed by atoms with Crippen LogP contribution in [0.2, 0.25) is 0 Å². The van der Waals surface area contributed by atoms with Crippen LogP contribution in [0.4, 0.5) is 0 Å². The number of aliphatic hydroxyl groups is 8. The van der Waals surface area contributed by atoms with E-state index < -0.39 is 86.8 Å². The second kappa shape index (κ2) is 50.4. The van der Waals surface area contributed by atoms with E-state index in [1.807, 2.05) is 6.08 Å². The molecule has 2 aliphatic rings. The van der Waals surface area contributed by atoms with Crippen LogP contribution in [0.15, 0.2) is 146 Å². The van der Waals surface area contributed by atoms with Gasteiger partial charge in [-0.2, -0.15) is 0 Å². The summed E-state index contributed by atoms with van der Waals surface area (Å²) in [4.78, 5) is 13.2. The van der Waals surface area contributed by atoms with Gasteiger partial charge in [-0.1, -0.05) is 205 Å². The minimum atomic E-state index is -1.80. The number of rotatable bonds is 46. The minimum absolute atomic E-state index is 0.246. The van der Waals surface area contributed by atoms with Crippen LogP contribution in [-0.2, 0) is 23.7 Å². The van der Waals surface area contributed by atoms with E-state index >= 15 is 0 Å². The number of amides is 1. The maximum absolute atomic E-state index is 13.2. The molecular formula is C67H107NO13. The summed E-state index contributed by atoms with van der Waals surface area (Å²) in [6.45, 7) is 2.57. The Kier molecular flexibility index (Phi) is 45.4. The predicted molar refractivity (Wildman–Crippen MR) is 327 cm³/mol. The lowest BCUT2D eigenvalue weighted by molar-refractivity contribution is -0.359. The number of carbonyl (C=O) groups is 1. The SMILES string of the molecule is CC/C=C\C/C=C\C/C=C\C/C=C\C/C=C\C/C=C\C/C=C\C/C=C\C/C=C\C/C=C\CCCCCCCCC(=O)NC(COC1OC(CO)C(OC2OC(CO)C(O)C(O)C2O)C(O)C1O)C(O)/C=C/CC/C=C/CCCCCC. The highest BCUT2D eigenvalue weighted by Crippen LogP contribution is 2.30. The third kappa shape index (κ3) is 35.6. The van der Waals surface area contributed by atoms with Gasteiger partial charge in [-0.25, -0.2) is 0 Å². The Hall–Kier alpha value is -4.13. The molecule has 2 rings (SSSR count). The standard InChI is InChI=1S/C67H107NO13/c1-3-5-7-9-11-13-15-16-17-18-19-20-21-22-23-24-25-26-27-28-29-30-31-32-33-34-35-36-37-38-39-40-41-43-45-47-49-51-59(72)68-55(56(71)50-48-46-44-42-14-12-10-8-6-4-2)54-78-66-64(77)62(75)65(58(53-70)80-66)81-67-63(76)61(74)60(73)57(52-69)79-67/h5,7,11,13-14,16-17,19-20,22-23,25-26,28-29,31-32,34-35,37-38,42,48,50,55-58,60-67,69-71,73-77H,3-4,6,8-10,12,15,18,21,24,27,30,33,36,39-41,43-47,49,51-54H2,1-2H3,(H,68,72)/b7-5-,13-11-,17-16-,20-19-,23-22-,26-25-,29-28-,32-31-,35-34-,38-37-,42-14+,50-48+. The molecule has 2 saturated heterocycles. The minimum Gasteiger partial charge on any atom is -0.394 e. The molecule has 2 heterocycles. The molecule has 14 heteroatoms. The van der Waals surface area contributed by atoms with Gasteiger partial charge in [0.15, 0.2) is 12.6 Å². The summed E-state index contributed by atoms with van der Waals surface area (Å²) in [7, 11) is 0. The second-order valence-corrected chi connectivity index (χ2v) is 20.7. The molecule has 12 unspecified atom stereocenters. The molecule has 81 heavy (non-hydrogen) atoms. The average Bonchev–Trinajstić information content (AvgIpc) is 3.51.